The zero-order chi connectivity index (χ0) is 18.5. The van der Waals surface area contributed by atoms with Gasteiger partial charge in [-0.2, -0.15) is 0 Å². The van der Waals surface area contributed by atoms with Crippen molar-refractivity contribution < 1.29 is 19.0 Å². The molecule has 1 fully saturated rings. The van der Waals surface area contributed by atoms with Crippen molar-refractivity contribution in [1.82, 2.24) is 4.90 Å². The van der Waals surface area contributed by atoms with Crippen LogP contribution in [0.2, 0.25) is 0 Å². The minimum absolute atomic E-state index is 0.0812. The molecule has 1 aliphatic carbocycles. The van der Waals surface area contributed by atoms with Gasteiger partial charge in [0.1, 0.15) is 24.0 Å². The first-order chi connectivity index (χ1) is 13.1. The third-order valence-electron chi connectivity index (χ3n) is 5.42. The van der Waals surface area contributed by atoms with Crippen LogP contribution >= 0.6 is 0 Å². The Morgan fingerprint density at radius 3 is 2.85 bits per heavy atom. The zero-order valence-corrected chi connectivity index (χ0v) is 15.5. The Hall–Kier alpha value is -2.79. The highest BCUT2D eigenvalue weighted by Gasteiger charge is 2.36. The summed E-state index contributed by atoms with van der Waals surface area (Å²) >= 11 is 0. The maximum atomic E-state index is 12.9. The first-order valence-corrected chi connectivity index (χ1v) is 9.25. The first kappa shape index (κ1) is 16.4. The largest absolute Gasteiger partial charge is 0.497 e. The van der Waals surface area contributed by atoms with Crippen molar-refractivity contribution in [2.75, 3.05) is 13.8 Å². The Morgan fingerprint density at radius 2 is 2.07 bits per heavy atom. The number of benzene rings is 2. The van der Waals surface area contributed by atoms with Crippen LogP contribution in [0.4, 0.5) is 0 Å². The molecule has 1 saturated carbocycles. The lowest BCUT2D eigenvalue weighted by Gasteiger charge is -2.30. The van der Waals surface area contributed by atoms with Crippen molar-refractivity contribution >= 4 is 11.9 Å². The lowest BCUT2D eigenvalue weighted by molar-refractivity contribution is 0.0872. The van der Waals surface area contributed by atoms with Gasteiger partial charge in [0.2, 0.25) is 5.78 Å². The average Bonchev–Trinajstić information content (AvgIpc) is 3.49. The van der Waals surface area contributed by atoms with E-state index in [1.807, 2.05) is 37.3 Å². The van der Waals surface area contributed by atoms with Gasteiger partial charge in [0.05, 0.1) is 12.7 Å². The van der Waals surface area contributed by atoms with Gasteiger partial charge in [-0.3, -0.25) is 9.69 Å². The summed E-state index contributed by atoms with van der Waals surface area (Å²) in [4.78, 5) is 15.3. The smallest absolute Gasteiger partial charge is 0.231 e. The van der Waals surface area contributed by atoms with E-state index in [0.29, 0.717) is 29.8 Å². The molecule has 2 aromatic rings. The van der Waals surface area contributed by atoms with Crippen molar-refractivity contribution in [2.24, 2.45) is 0 Å². The average molecular weight is 363 g/mol. The van der Waals surface area contributed by atoms with Crippen molar-refractivity contribution in [3.05, 3.63) is 58.3 Å². The van der Waals surface area contributed by atoms with Crippen molar-refractivity contribution in [1.29, 1.82) is 0 Å². The molecule has 27 heavy (non-hydrogen) atoms. The number of carbonyl (C=O) groups excluding carboxylic acids is 1. The molecule has 2 heterocycles. The molecule has 0 N–H and O–H groups in total. The number of rotatable bonds is 3. The summed E-state index contributed by atoms with van der Waals surface area (Å²) in [5.74, 6) is 2.48. The number of Topliss-reactive ketones (excluding diaryl/α,β-unsaturated/α-hetero) is 1. The molecular formula is C22H21NO4. The summed E-state index contributed by atoms with van der Waals surface area (Å²) < 4.78 is 17.2. The lowest BCUT2D eigenvalue weighted by atomic mass is 10.00. The van der Waals surface area contributed by atoms with Crippen LogP contribution in [0.1, 0.15) is 39.9 Å². The van der Waals surface area contributed by atoms with E-state index >= 15 is 0 Å². The maximum Gasteiger partial charge on any atom is 0.231 e. The Labute approximate surface area is 158 Å². The maximum absolute atomic E-state index is 12.9. The number of fused-ring (bicyclic) bond motifs is 2. The molecule has 0 spiro atoms. The highest BCUT2D eigenvalue weighted by molar-refractivity contribution is 6.15. The molecule has 3 aliphatic rings. The molecule has 0 amide bonds. The minimum Gasteiger partial charge on any atom is -0.497 e. The fraction of sp³-hybridized carbons (Fsp3) is 0.318. The van der Waals surface area contributed by atoms with Gasteiger partial charge in [-0.25, -0.2) is 0 Å². The second kappa shape index (κ2) is 6.13. The highest BCUT2D eigenvalue weighted by atomic mass is 16.5. The van der Waals surface area contributed by atoms with E-state index in [1.54, 1.807) is 13.2 Å². The van der Waals surface area contributed by atoms with Gasteiger partial charge in [-0.1, -0.05) is 12.1 Å². The summed E-state index contributed by atoms with van der Waals surface area (Å²) in [5.41, 5.74) is 3.47. The highest BCUT2D eigenvalue weighted by Crippen LogP contribution is 2.44. The van der Waals surface area contributed by atoms with Crippen LogP contribution in [-0.2, 0) is 6.54 Å². The van der Waals surface area contributed by atoms with E-state index in [-0.39, 0.29) is 5.78 Å². The van der Waals surface area contributed by atoms with Crippen LogP contribution in [0, 0.1) is 6.92 Å². The van der Waals surface area contributed by atoms with E-state index in [0.717, 1.165) is 34.7 Å². The lowest BCUT2D eigenvalue weighted by Crippen LogP contribution is -2.34. The summed E-state index contributed by atoms with van der Waals surface area (Å²) in [6, 6.07) is 10.1. The molecule has 0 saturated heterocycles. The van der Waals surface area contributed by atoms with E-state index < -0.39 is 0 Å². The third-order valence-corrected chi connectivity index (χ3v) is 5.42. The topological polar surface area (TPSA) is 48.0 Å². The number of carbonyl (C=O) groups is 1. The van der Waals surface area contributed by atoms with E-state index in [9.17, 15) is 4.79 Å². The first-order valence-electron chi connectivity index (χ1n) is 9.25. The van der Waals surface area contributed by atoms with Crippen LogP contribution in [0.3, 0.4) is 0 Å². The molecule has 2 aliphatic heterocycles. The quantitative estimate of drug-likeness (QED) is 0.773. The number of ether oxygens (including phenoxy) is 3. The number of hydrogen-bond donors (Lipinski definition) is 0. The number of hydrogen-bond acceptors (Lipinski definition) is 5. The number of nitrogens with zero attached hydrogens (tertiary/aromatic N) is 1. The molecule has 138 valence electrons. The molecule has 5 rings (SSSR count). The zero-order valence-electron chi connectivity index (χ0n) is 15.5. The van der Waals surface area contributed by atoms with Crippen molar-refractivity contribution in [2.45, 2.75) is 32.4 Å². The minimum atomic E-state index is -0.0812. The van der Waals surface area contributed by atoms with Gasteiger partial charge in [-0.05, 0) is 49.6 Å². The molecule has 0 bridgehead atoms. The normalized spacial score (nSPS) is 20.1. The monoisotopic (exact) mass is 363 g/mol. The molecule has 2 aromatic carbocycles. The van der Waals surface area contributed by atoms with Crippen LogP contribution in [0.5, 0.6) is 17.2 Å². The number of methoxy groups -OCH3 is 1. The molecule has 0 aromatic heterocycles. The second-order valence-corrected chi connectivity index (χ2v) is 7.33. The summed E-state index contributed by atoms with van der Waals surface area (Å²) in [6.07, 6.45) is 4.23. The Kier molecular flexibility index (Phi) is 3.72. The number of ketones is 1. The van der Waals surface area contributed by atoms with E-state index in [2.05, 4.69) is 4.90 Å². The fourth-order valence-electron chi connectivity index (χ4n) is 3.82. The molecule has 5 heteroatoms. The molecule has 5 nitrogen and oxygen atoms in total. The Balaban J connectivity index is 1.50. The van der Waals surface area contributed by atoms with Gasteiger partial charge in [-0.15, -0.1) is 0 Å². The van der Waals surface area contributed by atoms with Crippen LogP contribution in [0.15, 0.2) is 36.1 Å². The van der Waals surface area contributed by atoms with Crippen LogP contribution < -0.4 is 14.2 Å². The van der Waals surface area contributed by atoms with E-state index in [4.69, 9.17) is 14.2 Å². The molecule has 0 radical (unpaired) electrons. The fourth-order valence-corrected chi connectivity index (χ4v) is 3.82. The summed E-state index contributed by atoms with van der Waals surface area (Å²) in [7, 11) is 1.62. The van der Waals surface area contributed by atoms with Gasteiger partial charge >= 0.3 is 0 Å². The Bertz CT molecular complexity index is 975. The molecule has 0 atom stereocenters. The van der Waals surface area contributed by atoms with Gasteiger partial charge in [0.25, 0.3) is 0 Å². The SMILES string of the molecule is COc1cccc(/C=C2\Oc3c(cc4c(c3C)OCN(C3CC3)C4)C2=O)c1. The van der Waals surface area contributed by atoms with Crippen LogP contribution in [0.25, 0.3) is 6.08 Å². The van der Waals surface area contributed by atoms with Crippen LogP contribution in [-0.4, -0.2) is 30.6 Å². The van der Waals surface area contributed by atoms with Gasteiger partial charge < -0.3 is 14.2 Å². The van der Waals surface area contributed by atoms with Gasteiger partial charge in [0, 0.05) is 23.7 Å². The predicted molar refractivity (Wildman–Crippen MR) is 101 cm³/mol. The molecular weight excluding hydrogens is 342 g/mol. The summed E-state index contributed by atoms with van der Waals surface area (Å²) in [6.45, 7) is 3.40. The van der Waals surface area contributed by atoms with E-state index in [1.165, 1.54) is 12.8 Å². The second-order valence-electron chi connectivity index (χ2n) is 7.33. The van der Waals surface area contributed by atoms with Crippen molar-refractivity contribution in [3.8, 4) is 17.2 Å². The number of allylic oxidation sites excluding steroid dienone is 1. The predicted octanol–water partition coefficient (Wildman–Crippen LogP) is 3.93. The third kappa shape index (κ3) is 2.79. The molecule has 0 unspecified atom stereocenters. The Morgan fingerprint density at radius 1 is 1.22 bits per heavy atom. The standard InChI is InChI=1S/C22H21NO4/c1-13-21-15(11-23(12-26-21)16-6-7-16)10-18-20(24)19(27-22(13)18)9-14-4-3-5-17(8-14)25-2/h3-5,8-10,16H,6-7,11-12H2,1-2H3/b19-9-. The summed E-state index contributed by atoms with van der Waals surface area (Å²) in [5, 5.41) is 0. The van der Waals surface area contributed by atoms with Crippen molar-refractivity contribution in [3.63, 3.8) is 0 Å². The van der Waals surface area contributed by atoms with Gasteiger partial charge in [0.15, 0.2) is 5.76 Å².